The maximum absolute atomic E-state index is 9.94. The van der Waals surface area contributed by atoms with Gasteiger partial charge in [-0.2, -0.15) is 10.7 Å². The van der Waals surface area contributed by atoms with Crippen molar-refractivity contribution in [1.82, 2.24) is 5.48 Å². The van der Waals surface area contributed by atoms with E-state index in [0.29, 0.717) is 0 Å². The van der Waals surface area contributed by atoms with Crippen molar-refractivity contribution in [2.24, 2.45) is 5.73 Å². The maximum atomic E-state index is 9.94. The first-order chi connectivity index (χ1) is 3.72. The predicted molar refractivity (Wildman–Crippen MR) is 30.7 cm³/mol. The molecule has 0 fully saturated rings. The van der Waals surface area contributed by atoms with Gasteiger partial charge in [-0.1, -0.05) is 0 Å². The van der Waals surface area contributed by atoms with Gasteiger partial charge in [0.2, 0.25) is 0 Å². The molecule has 0 saturated heterocycles. The summed E-state index contributed by atoms with van der Waals surface area (Å²) in [5.41, 5.74) is 5.99. The Bertz CT molecular complexity index is 132. The van der Waals surface area contributed by atoms with Gasteiger partial charge in [0.05, 0.1) is 6.07 Å². The van der Waals surface area contributed by atoms with Gasteiger partial charge in [0, 0.05) is 0 Å². The van der Waals surface area contributed by atoms with E-state index in [1.54, 1.807) is 0 Å². The molecule has 0 spiro atoms. The van der Waals surface area contributed by atoms with Gasteiger partial charge in [0.1, 0.15) is 0 Å². The van der Waals surface area contributed by atoms with Crippen molar-refractivity contribution in [3.05, 3.63) is 0 Å². The van der Waals surface area contributed by atoms with Crippen LogP contribution in [0.4, 0.5) is 0 Å². The number of nitrogens with zero attached hydrogens (tertiary/aromatic N) is 1. The molecule has 5 nitrogen and oxygen atoms in total. The Kier molecular flexibility index (Phi) is 7.77. The summed E-state index contributed by atoms with van der Waals surface area (Å²) in [4.78, 5) is 9.94. The van der Waals surface area contributed by atoms with Crippen LogP contribution in [0.1, 0.15) is 0 Å². The fraction of sp³-hybridized carbons (Fsp3) is 0.333. The molecule has 6 heteroatoms. The monoisotopic (exact) mass is 139 g/mol. The Morgan fingerprint density at radius 1 is 1.89 bits per heavy atom. The molecule has 46 valence electrons. The minimum absolute atomic E-state index is 0. The standard InChI is InChI=1S/C3H5N3O2.Na.H/c4-1-2(6-8)3(5)7;;/h2,6,8H,(H2,5,7);;. The predicted octanol–water partition coefficient (Wildman–Crippen LogP) is -2.31. The summed E-state index contributed by atoms with van der Waals surface area (Å²) in [7, 11) is 0. The number of carbonyl (C=O) groups excluding carboxylic acids is 1. The molecule has 4 N–H and O–H groups in total. The minimum atomic E-state index is -1.30. The molecule has 1 unspecified atom stereocenters. The van der Waals surface area contributed by atoms with Crippen LogP contribution >= 0.6 is 0 Å². The number of nitriles is 1. The zero-order valence-electron chi connectivity index (χ0n) is 3.96. The Labute approximate surface area is 74.1 Å². The number of rotatable bonds is 2. The van der Waals surface area contributed by atoms with E-state index in [9.17, 15) is 4.79 Å². The third-order valence-corrected chi connectivity index (χ3v) is 0.543. The summed E-state index contributed by atoms with van der Waals surface area (Å²) in [6.45, 7) is 0. The van der Waals surface area contributed by atoms with Gasteiger partial charge in [0.15, 0.2) is 6.04 Å². The Balaban J connectivity index is 0. The van der Waals surface area contributed by atoms with Crippen LogP contribution in [-0.2, 0) is 4.79 Å². The van der Waals surface area contributed by atoms with Crippen LogP contribution in [0.25, 0.3) is 0 Å². The number of nitrogens with two attached hydrogens (primary N) is 1. The van der Waals surface area contributed by atoms with E-state index in [-0.39, 0.29) is 29.6 Å². The van der Waals surface area contributed by atoms with Crippen LogP contribution in [0.2, 0.25) is 0 Å². The molecule has 0 aliphatic rings. The van der Waals surface area contributed by atoms with E-state index in [0.717, 1.165) is 0 Å². The van der Waals surface area contributed by atoms with Crippen LogP contribution in [-0.4, -0.2) is 46.7 Å². The third-order valence-electron chi connectivity index (χ3n) is 0.543. The number of hydroxylamine groups is 1. The van der Waals surface area contributed by atoms with Crippen molar-refractivity contribution >= 4 is 35.5 Å². The molecule has 1 atom stereocenters. The molecule has 0 aliphatic carbocycles. The van der Waals surface area contributed by atoms with Gasteiger partial charge in [0.25, 0.3) is 5.91 Å². The molecule has 0 aromatic rings. The second-order valence-corrected chi connectivity index (χ2v) is 1.09. The molecule has 0 rings (SSSR count). The van der Waals surface area contributed by atoms with Crippen LogP contribution in [0.5, 0.6) is 0 Å². The van der Waals surface area contributed by atoms with Crippen molar-refractivity contribution in [3.8, 4) is 6.07 Å². The fourth-order valence-electron chi connectivity index (χ4n) is 0.156. The normalized spacial score (nSPS) is 10.7. The molecule has 0 heterocycles. The quantitative estimate of drug-likeness (QED) is 0.295. The Hall–Kier alpha value is -0.120. The van der Waals surface area contributed by atoms with E-state index in [4.69, 9.17) is 10.5 Å². The van der Waals surface area contributed by atoms with E-state index >= 15 is 0 Å². The van der Waals surface area contributed by atoms with Crippen molar-refractivity contribution in [3.63, 3.8) is 0 Å². The molecule has 0 aliphatic heterocycles. The third kappa shape index (κ3) is 4.39. The fourth-order valence-corrected chi connectivity index (χ4v) is 0.156. The van der Waals surface area contributed by atoms with Crippen molar-refractivity contribution in [2.75, 3.05) is 0 Å². The van der Waals surface area contributed by atoms with E-state index in [1.165, 1.54) is 11.5 Å². The zero-order chi connectivity index (χ0) is 6.57. The van der Waals surface area contributed by atoms with E-state index in [1.807, 2.05) is 0 Å². The first-order valence-electron chi connectivity index (χ1n) is 1.81. The second-order valence-electron chi connectivity index (χ2n) is 1.09. The second kappa shape index (κ2) is 6.01. The summed E-state index contributed by atoms with van der Waals surface area (Å²) >= 11 is 0. The number of amides is 1. The van der Waals surface area contributed by atoms with Gasteiger partial charge in [-0.25, -0.2) is 0 Å². The van der Waals surface area contributed by atoms with Gasteiger partial charge in [-0.05, 0) is 0 Å². The van der Waals surface area contributed by atoms with E-state index in [2.05, 4.69) is 5.73 Å². The Morgan fingerprint density at radius 2 is 2.33 bits per heavy atom. The average Bonchev–Trinajstić information content (AvgIpc) is 1.69. The molecule has 0 radical (unpaired) electrons. The molecule has 0 aromatic heterocycles. The van der Waals surface area contributed by atoms with Gasteiger partial charge in [-0.3, -0.25) is 4.79 Å². The number of carbonyl (C=O) groups is 1. The summed E-state index contributed by atoms with van der Waals surface area (Å²) in [6.07, 6.45) is 0. The average molecular weight is 139 g/mol. The molecule has 1 amide bonds. The van der Waals surface area contributed by atoms with Gasteiger partial charge >= 0.3 is 29.6 Å². The molecular formula is C3H6N3NaO2. The first kappa shape index (κ1) is 11.6. The van der Waals surface area contributed by atoms with E-state index < -0.39 is 11.9 Å². The summed E-state index contributed by atoms with van der Waals surface area (Å²) < 4.78 is 0. The Morgan fingerprint density at radius 3 is 2.33 bits per heavy atom. The van der Waals surface area contributed by atoms with Gasteiger partial charge < -0.3 is 10.9 Å². The number of hydrogen-bond acceptors (Lipinski definition) is 4. The molecular weight excluding hydrogens is 133 g/mol. The summed E-state index contributed by atoms with van der Waals surface area (Å²) in [5.74, 6) is -0.894. The number of hydrogen-bond donors (Lipinski definition) is 3. The molecule has 9 heavy (non-hydrogen) atoms. The SMILES string of the molecule is N#CC(NO)C(N)=O.[NaH]. The number of nitrogens with one attached hydrogen (secondary N) is 1. The summed E-state index contributed by atoms with van der Waals surface area (Å²) in [5, 5.41) is 15.8. The van der Waals surface area contributed by atoms with Crippen LogP contribution in [0, 0.1) is 11.3 Å². The van der Waals surface area contributed by atoms with Crippen LogP contribution < -0.4 is 11.2 Å². The van der Waals surface area contributed by atoms with Crippen molar-refractivity contribution < 1.29 is 10.0 Å². The van der Waals surface area contributed by atoms with Crippen molar-refractivity contribution in [1.29, 1.82) is 5.26 Å². The topological polar surface area (TPSA) is 99.1 Å². The molecule has 0 bridgehead atoms. The van der Waals surface area contributed by atoms with Gasteiger partial charge in [-0.15, -0.1) is 0 Å². The summed E-state index contributed by atoms with van der Waals surface area (Å²) in [6, 6.07) is 0.119. The van der Waals surface area contributed by atoms with Crippen LogP contribution in [0.15, 0.2) is 0 Å². The first-order valence-corrected chi connectivity index (χ1v) is 1.81. The molecule has 0 aromatic carbocycles. The number of primary amides is 1. The van der Waals surface area contributed by atoms with Crippen molar-refractivity contribution in [2.45, 2.75) is 6.04 Å². The van der Waals surface area contributed by atoms with Crippen LogP contribution in [0.3, 0.4) is 0 Å². The molecule has 0 saturated carbocycles. The zero-order valence-corrected chi connectivity index (χ0v) is 3.96.